The van der Waals surface area contributed by atoms with E-state index in [2.05, 4.69) is 31.3 Å². The molecule has 4 fully saturated rings. The molecule has 4 aliphatic rings. The highest BCUT2D eigenvalue weighted by molar-refractivity contribution is 7.90. The number of amides is 1. The molecule has 4 heterocycles. The van der Waals surface area contributed by atoms with Gasteiger partial charge in [0.2, 0.25) is 0 Å². The van der Waals surface area contributed by atoms with Crippen LogP contribution in [0.5, 0.6) is 0 Å². The van der Waals surface area contributed by atoms with Gasteiger partial charge in [0.05, 0.1) is 32.4 Å². The van der Waals surface area contributed by atoms with Crippen LogP contribution in [0.25, 0.3) is 21.3 Å². The van der Waals surface area contributed by atoms with E-state index in [1.54, 1.807) is 12.1 Å². The highest BCUT2D eigenvalue weighted by Crippen LogP contribution is 2.58. The lowest BCUT2D eigenvalue weighted by Gasteiger charge is -2.55. The predicted octanol–water partition coefficient (Wildman–Crippen LogP) is 9.06. The Morgan fingerprint density at radius 2 is 1.71 bits per heavy atom. The average molecular weight is 764 g/mol. The number of benzene rings is 3. The van der Waals surface area contributed by atoms with Gasteiger partial charge in [-0.25, -0.2) is 13.1 Å². The predicted molar refractivity (Wildman–Crippen MR) is 198 cm³/mol. The molecule has 2 aromatic heterocycles. The van der Waals surface area contributed by atoms with Gasteiger partial charge in [0.15, 0.2) is 5.69 Å². The summed E-state index contributed by atoms with van der Waals surface area (Å²) in [6, 6.07) is 18.8. The second-order valence-corrected chi connectivity index (χ2v) is 18.0. The molecule has 2 bridgehead atoms. The Morgan fingerprint density at radius 1 is 1.00 bits per heavy atom. The van der Waals surface area contributed by atoms with Crippen molar-refractivity contribution in [3.05, 3.63) is 93.3 Å². The molecule has 2 saturated heterocycles. The summed E-state index contributed by atoms with van der Waals surface area (Å²) in [7, 11) is -4.02. The topological polar surface area (TPSA) is 115 Å². The maximum atomic E-state index is 13.1. The summed E-state index contributed by atoms with van der Waals surface area (Å²) in [5.74, 6) is 0.555. The molecule has 2 unspecified atom stereocenters. The Balaban J connectivity index is 0.859. The number of carbonyl (C=O) groups excluding carboxylic acids is 1. The van der Waals surface area contributed by atoms with Crippen LogP contribution >= 0.6 is 34.7 Å². The first-order valence-electron chi connectivity index (χ1n) is 17.4. The monoisotopic (exact) mass is 762 g/mol. The van der Waals surface area contributed by atoms with Crippen molar-refractivity contribution in [3.63, 3.8) is 0 Å². The largest absolute Gasteiger partial charge is 0.373 e. The molecule has 2 aliphatic carbocycles. The van der Waals surface area contributed by atoms with E-state index in [-0.39, 0.29) is 22.1 Å². The molecule has 13 heteroatoms. The SMILES string of the molecule is Cc1ccc(S(=O)(=O)NC(=O)c2nsc3cc(N4C5CCC4CC4(CC(OCc6c(-c7c(Cl)cccc7Cl)noc6C6CC6)C4)C5)ccc23)cc1. The first-order chi connectivity index (χ1) is 24.6. The van der Waals surface area contributed by atoms with Gasteiger partial charge in [-0.1, -0.05) is 52.1 Å². The van der Waals surface area contributed by atoms with Crippen LogP contribution in [0.4, 0.5) is 5.69 Å². The van der Waals surface area contributed by atoms with Crippen LogP contribution in [0.15, 0.2) is 70.1 Å². The summed E-state index contributed by atoms with van der Waals surface area (Å²) >= 11 is 14.3. The molecule has 0 radical (unpaired) electrons. The number of halogens is 2. The standard InChI is InChI=1S/C38H36Cl2N4O5S2/c1-21-5-12-27(13-6-21)51(46,47)43-37(45)35-28-14-11-23(15-32(28)50-42-35)44-24-9-10-25(44)17-38(16-24)18-26(19-38)48-20-29-34(41-49-36(29)22-7-8-22)33-30(39)3-2-4-31(33)40/h2-6,11-15,22,24-26H,7-10,16-20H2,1H3,(H,43,45). The Bertz CT molecular complexity index is 2240. The van der Waals surface area contributed by atoms with Crippen molar-refractivity contribution in [1.82, 2.24) is 14.3 Å². The zero-order valence-electron chi connectivity index (χ0n) is 27.9. The molecule has 9 rings (SSSR count). The number of aryl methyl sites for hydroxylation is 1. The summed E-state index contributed by atoms with van der Waals surface area (Å²) < 4.78 is 45.6. The number of rotatable bonds is 9. The van der Waals surface area contributed by atoms with Crippen molar-refractivity contribution < 1.29 is 22.5 Å². The van der Waals surface area contributed by atoms with E-state index in [4.69, 9.17) is 32.5 Å². The van der Waals surface area contributed by atoms with Crippen LogP contribution in [0.1, 0.15) is 84.7 Å². The summed E-state index contributed by atoms with van der Waals surface area (Å²) in [6.07, 6.45) is 8.98. The Hall–Kier alpha value is -3.48. The summed E-state index contributed by atoms with van der Waals surface area (Å²) in [4.78, 5) is 15.7. The molecule has 3 aromatic carbocycles. The number of aromatic nitrogens is 2. The van der Waals surface area contributed by atoms with Crippen molar-refractivity contribution in [2.45, 2.75) is 93.9 Å². The number of carbonyl (C=O) groups is 1. The number of ether oxygens (including phenoxy) is 1. The van der Waals surface area contributed by atoms with Gasteiger partial charge in [-0.05, 0) is 118 Å². The molecule has 2 aliphatic heterocycles. The minimum atomic E-state index is -4.02. The molecule has 1 N–H and O–H groups in total. The van der Waals surface area contributed by atoms with Crippen LogP contribution in [0.3, 0.4) is 0 Å². The third-order valence-corrected chi connectivity index (χ3v) is 14.0. The second-order valence-electron chi connectivity index (χ2n) is 14.7. The summed E-state index contributed by atoms with van der Waals surface area (Å²) in [5, 5.41) is 6.17. The van der Waals surface area contributed by atoms with Crippen LogP contribution < -0.4 is 9.62 Å². The molecule has 5 aromatic rings. The van der Waals surface area contributed by atoms with E-state index >= 15 is 0 Å². The smallest absolute Gasteiger partial charge is 0.285 e. The van der Waals surface area contributed by atoms with Crippen molar-refractivity contribution in [2.75, 3.05) is 4.90 Å². The molecule has 2 atom stereocenters. The van der Waals surface area contributed by atoms with Gasteiger partial charge in [-0.2, -0.15) is 4.37 Å². The van der Waals surface area contributed by atoms with Crippen molar-refractivity contribution >= 4 is 66.4 Å². The number of hydrogen-bond donors (Lipinski definition) is 1. The third kappa shape index (κ3) is 6.04. The van der Waals surface area contributed by atoms with Gasteiger partial charge < -0.3 is 14.2 Å². The molecular formula is C38H36Cl2N4O5S2. The number of hydrogen-bond acceptors (Lipinski definition) is 9. The summed E-state index contributed by atoms with van der Waals surface area (Å²) in [5.41, 5.74) is 4.81. The van der Waals surface area contributed by atoms with Gasteiger partial charge in [0.1, 0.15) is 11.5 Å². The zero-order valence-corrected chi connectivity index (χ0v) is 31.0. The minimum Gasteiger partial charge on any atom is -0.373 e. The summed E-state index contributed by atoms with van der Waals surface area (Å²) in [6.45, 7) is 2.30. The van der Waals surface area contributed by atoms with Crippen molar-refractivity contribution in [2.24, 2.45) is 5.41 Å². The van der Waals surface area contributed by atoms with Crippen LogP contribution in [0.2, 0.25) is 10.0 Å². The molecule has 264 valence electrons. The van der Waals surface area contributed by atoms with E-state index in [1.807, 2.05) is 31.2 Å². The molecule has 1 amide bonds. The van der Waals surface area contributed by atoms with E-state index in [0.29, 0.717) is 51.3 Å². The lowest BCUT2D eigenvalue weighted by atomic mass is 9.59. The minimum absolute atomic E-state index is 0.0388. The van der Waals surface area contributed by atoms with Gasteiger partial charge >= 0.3 is 0 Å². The van der Waals surface area contributed by atoms with Gasteiger partial charge in [-0.3, -0.25) is 4.79 Å². The van der Waals surface area contributed by atoms with E-state index < -0.39 is 15.9 Å². The first-order valence-corrected chi connectivity index (χ1v) is 20.4. The molecule has 51 heavy (non-hydrogen) atoms. The number of sulfonamides is 1. The van der Waals surface area contributed by atoms with Gasteiger partial charge in [0.25, 0.3) is 15.9 Å². The maximum absolute atomic E-state index is 13.1. The lowest BCUT2D eigenvalue weighted by molar-refractivity contribution is -0.103. The highest BCUT2D eigenvalue weighted by Gasteiger charge is 2.54. The molecule has 1 spiro atoms. The number of anilines is 1. The lowest BCUT2D eigenvalue weighted by Crippen LogP contribution is -2.54. The van der Waals surface area contributed by atoms with Gasteiger partial charge in [-0.15, -0.1) is 0 Å². The normalized spacial score (nSPS) is 24.3. The van der Waals surface area contributed by atoms with E-state index in [1.165, 1.54) is 23.7 Å². The first kappa shape index (κ1) is 33.4. The van der Waals surface area contributed by atoms with Gasteiger partial charge in [0, 0.05) is 40.2 Å². The molecule has 2 saturated carbocycles. The van der Waals surface area contributed by atoms with Crippen LogP contribution in [-0.2, 0) is 21.4 Å². The zero-order chi connectivity index (χ0) is 35.1. The number of fused-ring (bicyclic) bond motifs is 3. The molecular weight excluding hydrogens is 727 g/mol. The number of nitrogens with one attached hydrogen (secondary N) is 1. The fraction of sp³-hybridized carbons (Fsp3) is 0.395. The number of piperidine rings is 1. The van der Waals surface area contributed by atoms with Crippen molar-refractivity contribution in [1.29, 1.82) is 0 Å². The Labute approximate surface area is 310 Å². The highest BCUT2D eigenvalue weighted by atomic mass is 35.5. The Morgan fingerprint density at radius 3 is 2.39 bits per heavy atom. The van der Waals surface area contributed by atoms with Crippen LogP contribution in [-0.4, -0.2) is 42.0 Å². The fourth-order valence-corrected chi connectivity index (χ4v) is 11.0. The fourth-order valence-electron chi connectivity index (χ4n) is 8.67. The van der Waals surface area contributed by atoms with E-state index in [0.717, 1.165) is 78.6 Å². The van der Waals surface area contributed by atoms with Crippen molar-refractivity contribution in [3.8, 4) is 11.3 Å². The molecule has 9 nitrogen and oxygen atoms in total. The third-order valence-electron chi connectivity index (χ3n) is 11.2. The number of nitrogens with zero attached hydrogens (tertiary/aromatic N) is 3. The Kier molecular flexibility index (Phi) is 8.23. The van der Waals surface area contributed by atoms with Crippen LogP contribution in [0, 0.1) is 12.3 Å². The quantitative estimate of drug-likeness (QED) is 0.158. The van der Waals surface area contributed by atoms with E-state index in [9.17, 15) is 13.2 Å². The maximum Gasteiger partial charge on any atom is 0.285 e. The average Bonchev–Trinajstić information content (AvgIpc) is 3.60. The second kappa shape index (κ2) is 12.6.